The Labute approximate surface area is 109 Å². The summed E-state index contributed by atoms with van der Waals surface area (Å²) in [5.74, 6) is 0.261. The van der Waals surface area contributed by atoms with Gasteiger partial charge in [0.15, 0.2) is 0 Å². The lowest BCUT2D eigenvalue weighted by atomic mass is 9.95. The van der Waals surface area contributed by atoms with Crippen LogP contribution in [0, 0.1) is 10.1 Å². The molecule has 0 aliphatic heterocycles. The zero-order valence-corrected chi connectivity index (χ0v) is 10.5. The number of aliphatic hydroxyl groups is 1. The number of non-ortho nitro benzene ring substituents is 1. The number of aliphatic hydroxyl groups excluding tert-OH is 1. The summed E-state index contributed by atoms with van der Waals surface area (Å²) in [5, 5.41) is 20.8. The summed E-state index contributed by atoms with van der Waals surface area (Å²) in [6.07, 6.45) is 2.52. The Morgan fingerprint density at radius 2 is 2.11 bits per heavy atom. The lowest BCUT2D eigenvalue weighted by Crippen LogP contribution is -2.34. The first-order valence-electron chi connectivity index (χ1n) is 5.86. The molecule has 1 saturated carbocycles. The van der Waals surface area contributed by atoms with Crippen LogP contribution in [0.2, 0.25) is 5.02 Å². The minimum Gasteiger partial charge on any atom is -0.486 e. The Morgan fingerprint density at radius 3 is 2.78 bits per heavy atom. The highest BCUT2D eigenvalue weighted by molar-refractivity contribution is 6.32. The van der Waals surface area contributed by atoms with Crippen LogP contribution in [-0.4, -0.2) is 22.2 Å². The second-order valence-corrected chi connectivity index (χ2v) is 4.79. The van der Waals surface area contributed by atoms with Gasteiger partial charge in [0.25, 0.3) is 5.69 Å². The van der Waals surface area contributed by atoms with Crippen LogP contribution in [0.25, 0.3) is 0 Å². The predicted molar refractivity (Wildman–Crippen MR) is 67.0 cm³/mol. The average Bonchev–Trinajstić information content (AvgIpc) is 2.34. The van der Waals surface area contributed by atoms with E-state index < -0.39 is 11.0 Å². The Morgan fingerprint density at radius 1 is 1.39 bits per heavy atom. The first kappa shape index (κ1) is 13.1. The molecule has 1 N–H and O–H groups in total. The Bertz CT molecular complexity index is 452. The molecule has 1 aromatic rings. The van der Waals surface area contributed by atoms with Crippen LogP contribution in [0.15, 0.2) is 18.2 Å². The molecule has 1 aliphatic rings. The average molecular weight is 272 g/mol. The van der Waals surface area contributed by atoms with Gasteiger partial charge in [-0.1, -0.05) is 18.0 Å². The molecule has 2 atom stereocenters. The number of rotatable bonds is 3. The lowest BCUT2D eigenvalue weighted by molar-refractivity contribution is -0.385. The zero-order valence-electron chi connectivity index (χ0n) is 9.71. The third kappa shape index (κ3) is 2.91. The fourth-order valence-corrected chi connectivity index (χ4v) is 2.24. The normalized spacial score (nSPS) is 23.7. The minimum atomic E-state index is -0.533. The third-order valence-electron chi connectivity index (χ3n) is 3.07. The van der Waals surface area contributed by atoms with E-state index in [2.05, 4.69) is 0 Å². The van der Waals surface area contributed by atoms with Gasteiger partial charge in [0.2, 0.25) is 0 Å². The smallest absolute Gasteiger partial charge is 0.273 e. The van der Waals surface area contributed by atoms with Crippen molar-refractivity contribution in [3.05, 3.63) is 33.3 Å². The number of halogens is 1. The van der Waals surface area contributed by atoms with Gasteiger partial charge in [-0.25, -0.2) is 0 Å². The van der Waals surface area contributed by atoms with E-state index in [1.54, 1.807) is 0 Å². The van der Waals surface area contributed by atoms with E-state index in [4.69, 9.17) is 16.3 Å². The molecule has 0 radical (unpaired) electrons. The van der Waals surface area contributed by atoms with Crippen molar-refractivity contribution in [3.63, 3.8) is 0 Å². The topological polar surface area (TPSA) is 72.6 Å². The molecular formula is C12H14ClNO4. The molecule has 1 aromatic carbocycles. The molecule has 0 aromatic heterocycles. The maximum atomic E-state index is 10.7. The summed E-state index contributed by atoms with van der Waals surface area (Å²) in [4.78, 5) is 10.2. The number of nitro benzene ring substituents is 1. The van der Waals surface area contributed by atoms with Crippen LogP contribution in [0.1, 0.15) is 25.7 Å². The van der Waals surface area contributed by atoms with E-state index >= 15 is 0 Å². The molecule has 0 heterocycles. The molecule has 0 saturated heterocycles. The zero-order chi connectivity index (χ0) is 13.1. The molecule has 0 unspecified atom stereocenters. The second-order valence-electron chi connectivity index (χ2n) is 4.38. The molecule has 1 fully saturated rings. The molecule has 5 nitrogen and oxygen atoms in total. The molecular weight excluding hydrogens is 258 g/mol. The largest absolute Gasteiger partial charge is 0.486 e. The van der Waals surface area contributed by atoms with Crippen molar-refractivity contribution in [3.8, 4) is 5.75 Å². The second kappa shape index (κ2) is 5.54. The highest BCUT2D eigenvalue weighted by Gasteiger charge is 2.25. The van der Waals surface area contributed by atoms with E-state index in [0.29, 0.717) is 11.4 Å². The van der Waals surface area contributed by atoms with Crippen molar-refractivity contribution in [2.75, 3.05) is 0 Å². The summed E-state index contributed by atoms with van der Waals surface area (Å²) in [5.41, 5.74) is -0.0697. The quantitative estimate of drug-likeness (QED) is 0.678. The van der Waals surface area contributed by atoms with Crippen LogP contribution >= 0.6 is 11.6 Å². The van der Waals surface area contributed by atoms with Crippen molar-refractivity contribution in [1.29, 1.82) is 0 Å². The first-order valence-corrected chi connectivity index (χ1v) is 6.24. The summed E-state index contributed by atoms with van der Waals surface area (Å²) >= 11 is 5.94. The molecule has 0 bridgehead atoms. The van der Waals surface area contributed by atoms with Gasteiger partial charge >= 0.3 is 0 Å². The summed E-state index contributed by atoms with van der Waals surface area (Å²) in [6, 6.07) is 4.06. The molecule has 1 aliphatic carbocycles. The summed E-state index contributed by atoms with van der Waals surface area (Å²) < 4.78 is 5.60. The van der Waals surface area contributed by atoms with Gasteiger partial charge in [-0.3, -0.25) is 10.1 Å². The lowest BCUT2D eigenvalue weighted by Gasteiger charge is -2.28. The number of benzene rings is 1. The molecule has 98 valence electrons. The van der Waals surface area contributed by atoms with Crippen molar-refractivity contribution in [2.45, 2.75) is 37.9 Å². The number of hydrogen-bond donors (Lipinski definition) is 1. The van der Waals surface area contributed by atoms with Crippen molar-refractivity contribution in [2.24, 2.45) is 0 Å². The van der Waals surface area contributed by atoms with Crippen LogP contribution in [0.3, 0.4) is 0 Å². The molecule has 0 spiro atoms. The maximum Gasteiger partial charge on any atom is 0.273 e. The Hall–Kier alpha value is -1.33. The number of hydrogen-bond acceptors (Lipinski definition) is 4. The number of nitro groups is 1. The van der Waals surface area contributed by atoms with Crippen molar-refractivity contribution < 1.29 is 14.8 Å². The highest BCUT2D eigenvalue weighted by Crippen LogP contribution is 2.32. The summed E-state index contributed by atoms with van der Waals surface area (Å²) in [6.45, 7) is 0. The number of nitrogens with zero attached hydrogens (tertiary/aromatic N) is 1. The maximum absolute atomic E-state index is 10.7. The third-order valence-corrected chi connectivity index (χ3v) is 3.38. The minimum absolute atomic E-state index is 0.0697. The van der Waals surface area contributed by atoms with Gasteiger partial charge in [-0.15, -0.1) is 0 Å². The van der Waals surface area contributed by atoms with E-state index in [1.165, 1.54) is 18.2 Å². The highest BCUT2D eigenvalue weighted by atomic mass is 35.5. The summed E-state index contributed by atoms with van der Waals surface area (Å²) in [7, 11) is 0. The van der Waals surface area contributed by atoms with Gasteiger partial charge in [0.1, 0.15) is 11.9 Å². The SMILES string of the molecule is O=[N+]([O-])c1ccc(Cl)c(O[C@H]2CCCC[C@@H]2O)c1. The number of ether oxygens (including phenoxy) is 1. The fraction of sp³-hybridized carbons (Fsp3) is 0.500. The van der Waals surface area contributed by atoms with E-state index in [-0.39, 0.29) is 17.5 Å². The molecule has 2 rings (SSSR count). The van der Waals surface area contributed by atoms with Crippen LogP contribution < -0.4 is 4.74 Å². The Kier molecular flexibility index (Phi) is 4.04. The van der Waals surface area contributed by atoms with E-state index in [1.807, 2.05) is 0 Å². The molecule has 0 amide bonds. The van der Waals surface area contributed by atoms with Gasteiger partial charge in [0.05, 0.1) is 22.1 Å². The van der Waals surface area contributed by atoms with Gasteiger partial charge in [0, 0.05) is 6.07 Å². The first-order chi connectivity index (χ1) is 8.58. The fourth-order valence-electron chi connectivity index (χ4n) is 2.07. The van der Waals surface area contributed by atoms with E-state index in [9.17, 15) is 15.2 Å². The van der Waals surface area contributed by atoms with Crippen molar-refractivity contribution in [1.82, 2.24) is 0 Å². The van der Waals surface area contributed by atoms with Gasteiger partial charge in [-0.05, 0) is 25.3 Å². The van der Waals surface area contributed by atoms with Crippen LogP contribution in [0.4, 0.5) is 5.69 Å². The predicted octanol–water partition coefficient (Wildman–Crippen LogP) is 2.93. The Balaban J connectivity index is 2.17. The van der Waals surface area contributed by atoms with E-state index in [0.717, 1.165) is 19.3 Å². The molecule has 6 heteroatoms. The van der Waals surface area contributed by atoms with Crippen LogP contribution in [0.5, 0.6) is 5.75 Å². The monoisotopic (exact) mass is 271 g/mol. The molecule has 18 heavy (non-hydrogen) atoms. The van der Waals surface area contributed by atoms with Gasteiger partial charge < -0.3 is 9.84 Å². The van der Waals surface area contributed by atoms with Crippen molar-refractivity contribution >= 4 is 17.3 Å². The standard InChI is InChI=1S/C12H14ClNO4/c13-9-6-5-8(14(16)17)7-12(9)18-11-4-2-1-3-10(11)15/h5-7,10-11,15H,1-4H2/t10-,11-/m0/s1. The van der Waals surface area contributed by atoms with Crippen LogP contribution in [-0.2, 0) is 0 Å². The van der Waals surface area contributed by atoms with Gasteiger partial charge in [-0.2, -0.15) is 0 Å².